The lowest BCUT2D eigenvalue weighted by Crippen LogP contribution is -2.67. The maximum absolute atomic E-state index is 12.9. The largest absolute Gasteiger partial charge is 0.417 e. The molecule has 4 heterocycles. The Hall–Kier alpha value is -3.57. The number of amides is 3. The fourth-order valence-electron chi connectivity index (χ4n) is 4.79. The van der Waals surface area contributed by atoms with Gasteiger partial charge >= 0.3 is 12.2 Å². The maximum Gasteiger partial charge on any atom is 0.417 e. The zero-order valence-corrected chi connectivity index (χ0v) is 18.0. The number of hydrogen-bond donors (Lipinski definition) is 1. The number of urea groups is 1. The maximum atomic E-state index is 12.9. The van der Waals surface area contributed by atoms with Crippen molar-refractivity contribution in [3.63, 3.8) is 0 Å². The van der Waals surface area contributed by atoms with Gasteiger partial charge in [0.1, 0.15) is 11.2 Å². The number of fused-ring (bicyclic) bond motifs is 1. The number of rotatable bonds is 3. The van der Waals surface area contributed by atoms with Gasteiger partial charge in [-0.2, -0.15) is 18.3 Å². The second kappa shape index (κ2) is 7.22. The van der Waals surface area contributed by atoms with Crippen molar-refractivity contribution in [2.75, 3.05) is 25.5 Å². The summed E-state index contributed by atoms with van der Waals surface area (Å²) in [5.41, 5.74) is 0.347. The van der Waals surface area contributed by atoms with E-state index >= 15 is 0 Å². The van der Waals surface area contributed by atoms with E-state index in [0.717, 1.165) is 24.6 Å². The number of alkyl halides is 3. The predicted molar refractivity (Wildman–Crippen MR) is 112 cm³/mol. The van der Waals surface area contributed by atoms with Crippen LogP contribution in [0.5, 0.6) is 0 Å². The van der Waals surface area contributed by atoms with Gasteiger partial charge in [-0.25, -0.2) is 9.31 Å². The monoisotopic (exact) mass is 461 g/mol. The summed E-state index contributed by atoms with van der Waals surface area (Å²) in [4.78, 5) is 32.3. The molecular formula is C21H22F3N7O2. The van der Waals surface area contributed by atoms with Crippen molar-refractivity contribution < 1.29 is 22.8 Å². The molecule has 2 aliphatic rings. The Kier molecular flexibility index (Phi) is 4.66. The molecule has 0 bridgehead atoms. The topological polar surface area (TPSA) is 87.8 Å². The number of nitrogens with zero attached hydrogens (tertiary/aromatic N) is 6. The Morgan fingerprint density at radius 3 is 2.61 bits per heavy atom. The van der Waals surface area contributed by atoms with Gasteiger partial charge in [0.05, 0.1) is 23.6 Å². The first-order valence-corrected chi connectivity index (χ1v) is 10.4. The van der Waals surface area contributed by atoms with Crippen LogP contribution in [-0.2, 0) is 13.2 Å². The van der Waals surface area contributed by atoms with Crippen LogP contribution in [-0.4, -0.2) is 67.1 Å². The minimum absolute atomic E-state index is 0.00991. The second-order valence-corrected chi connectivity index (χ2v) is 8.96. The number of likely N-dealkylation sites (tertiary alicyclic amines) is 1. The highest BCUT2D eigenvalue weighted by atomic mass is 19.4. The molecule has 2 fully saturated rings. The molecule has 9 nitrogen and oxygen atoms in total. The summed E-state index contributed by atoms with van der Waals surface area (Å²) in [5, 5.41) is 6.69. The number of hydrogen-bond acceptors (Lipinski definition) is 4. The SMILES string of the molecule is CN(C(=O)Nc1cncc(C(F)(F)F)c1)C1CC2(C1)CN(C(=O)c1cnn3ccn(C)c13)C2. The fraction of sp³-hybridized carbons (Fsp3) is 0.429. The third-order valence-electron chi connectivity index (χ3n) is 6.63. The van der Waals surface area contributed by atoms with Gasteiger partial charge in [-0.15, -0.1) is 0 Å². The van der Waals surface area contributed by atoms with Crippen molar-refractivity contribution in [2.45, 2.75) is 25.1 Å². The lowest BCUT2D eigenvalue weighted by Gasteiger charge is -2.60. The van der Waals surface area contributed by atoms with Crippen LogP contribution >= 0.6 is 0 Å². The van der Waals surface area contributed by atoms with Gasteiger partial charge in [-0.3, -0.25) is 9.78 Å². The van der Waals surface area contributed by atoms with E-state index in [-0.39, 0.29) is 23.1 Å². The molecule has 1 aliphatic heterocycles. The van der Waals surface area contributed by atoms with Crippen LogP contribution < -0.4 is 5.32 Å². The van der Waals surface area contributed by atoms with Crippen LogP contribution in [0.25, 0.3) is 5.65 Å². The molecule has 0 atom stereocenters. The zero-order chi connectivity index (χ0) is 23.5. The molecule has 0 unspecified atom stereocenters. The predicted octanol–water partition coefficient (Wildman–Crippen LogP) is 2.86. The number of halogens is 3. The van der Waals surface area contributed by atoms with Gasteiger partial charge in [0, 0.05) is 57.2 Å². The quantitative estimate of drug-likeness (QED) is 0.650. The van der Waals surface area contributed by atoms with Crippen molar-refractivity contribution in [1.29, 1.82) is 0 Å². The summed E-state index contributed by atoms with van der Waals surface area (Å²) in [6.45, 7) is 1.22. The third-order valence-corrected chi connectivity index (χ3v) is 6.63. The summed E-state index contributed by atoms with van der Waals surface area (Å²) >= 11 is 0. The van der Waals surface area contributed by atoms with Crippen molar-refractivity contribution in [2.24, 2.45) is 12.5 Å². The summed E-state index contributed by atoms with van der Waals surface area (Å²) in [7, 11) is 3.48. The number of aryl methyl sites for hydroxylation is 1. The molecule has 3 aromatic heterocycles. The summed E-state index contributed by atoms with van der Waals surface area (Å²) < 4.78 is 42.1. The first-order chi connectivity index (χ1) is 15.6. The Morgan fingerprint density at radius 1 is 1.18 bits per heavy atom. The van der Waals surface area contributed by atoms with Crippen molar-refractivity contribution in [3.05, 3.63) is 48.2 Å². The Morgan fingerprint density at radius 2 is 1.91 bits per heavy atom. The van der Waals surface area contributed by atoms with E-state index in [4.69, 9.17) is 0 Å². The molecule has 33 heavy (non-hydrogen) atoms. The van der Waals surface area contributed by atoms with Gasteiger partial charge in [-0.05, 0) is 18.9 Å². The summed E-state index contributed by atoms with van der Waals surface area (Å²) in [6.07, 6.45) is 4.03. The van der Waals surface area contributed by atoms with Crippen LogP contribution in [0, 0.1) is 5.41 Å². The van der Waals surface area contributed by atoms with Crippen molar-refractivity contribution >= 4 is 23.3 Å². The molecule has 1 aliphatic carbocycles. The van der Waals surface area contributed by atoms with E-state index < -0.39 is 17.8 Å². The molecule has 1 spiro atoms. The fourth-order valence-corrected chi connectivity index (χ4v) is 4.79. The van der Waals surface area contributed by atoms with Crippen LogP contribution in [0.4, 0.5) is 23.7 Å². The molecule has 12 heteroatoms. The van der Waals surface area contributed by atoms with E-state index in [9.17, 15) is 22.8 Å². The lowest BCUT2D eigenvalue weighted by molar-refractivity contribution is -0.137. The zero-order valence-electron chi connectivity index (χ0n) is 18.0. The summed E-state index contributed by atoms with van der Waals surface area (Å²) in [6, 6.07) is 0.322. The second-order valence-electron chi connectivity index (χ2n) is 8.96. The van der Waals surface area contributed by atoms with Gasteiger partial charge in [-0.1, -0.05) is 0 Å². The molecule has 1 saturated heterocycles. The van der Waals surface area contributed by atoms with E-state index in [1.807, 2.05) is 17.8 Å². The smallest absolute Gasteiger partial charge is 0.337 e. The van der Waals surface area contributed by atoms with Gasteiger partial charge in [0.25, 0.3) is 5.91 Å². The van der Waals surface area contributed by atoms with Gasteiger partial charge in [0.15, 0.2) is 0 Å². The number of anilines is 1. The average molecular weight is 461 g/mol. The molecule has 174 valence electrons. The van der Waals surface area contributed by atoms with Crippen LogP contribution in [0.2, 0.25) is 0 Å². The number of pyridine rings is 1. The standard InChI is InChI=1S/C21H22F3N7O2/c1-28-3-4-31-17(28)16(10-26-31)18(32)30-11-20(12-30)6-15(7-20)29(2)19(33)27-14-5-13(8-25-9-14)21(22,23)24/h3-5,8-10,15H,6-7,11-12H2,1-2H3,(H,27,33). The number of carbonyl (C=O) groups is 2. The Bertz CT molecular complexity index is 1230. The first-order valence-electron chi connectivity index (χ1n) is 10.4. The molecule has 5 rings (SSSR count). The van der Waals surface area contributed by atoms with Crippen molar-refractivity contribution in [3.8, 4) is 0 Å². The van der Waals surface area contributed by atoms with Crippen molar-refractivity contribution in [1.82, 2.24) is 29.0 Å². The Labute approximate surface area is 186 Å². The minimum Gasteiger partial charge on any atom is -0.337 e. The van der Waals surface area contributed by atoms with Crippen LogP contribution in [0.1, 0.15) is 28.8 Å². The average Bonchev–Trinajstić information content (AvgIpc) is 3.28. The lowest BCUT2D eigenvalue weighted by atomic mass is 9.60. The highest BCUT2D eigenvalue weighted by molar-refractivity contribution is 6.00. The number of carbonyl (C=O) groups excluding carboxylic acids is 2. The number of nitrogens with one attached hydrogen (secondary N) is 1. The van der Waals surface area contributed by atoms with E-state index in [1.54, 1.807) is 28.9 Å². The van der Waals surface area contributed by atoms with E-state index in [1.165, 1.54) is 11.1 Å². The molecule has 0 radical (unpaired) electrons. The van der Waals surface area contributed by atoms with E-state index in [0.29, 0.717) is 24.8 Å². The van der Waals surface area contributed by atoms with E-state index in [2.05, 4.69) is 15.4 Å². The minimum atomic E-state index is -4.53. The molecular weight excluding hydrogens is 439 g/mol. The molecule has 0 aromatic carbocycles. The number of aromatic nitrogens is 4. The highest BCUT2D eigenvalue weighted by Gasteiger charge is 2.55. The van der Waals surface area contributed by atoms with Crippen LogP contribution in [0.3, 0.4) is 0 Å². The molecule has 1 N–H and O–H groups in total. The van der Waals surface area contributed by atoms with Gasteiger partial charge in [0.2, 0.25) is 0 Å². The third kappa shape index (κ3) is 3.58. The summed E-state index contributed by atoms with van der Waals surface area (Å²) in [5.74, 6) is -0.0657. The van der Waals surface area contributed by atoms with Crippen LogP contribution in [0.15, 0.2) is 37.1 Å². The number of imidazole rings is 1. The van der Waals surface area contributed by atoms with Gasteiger partial charge < -0.3 is 19.7 Å². The molecule has 3 amide bonds. The highest BCUT2D eigenvalue weighted by Crippen LogP contribution is 2.50. The molecule has 3 aromatic rings. The molecule has 1 saturated carbocycles. The normalized spacial score (nSPS) is 17.7. The first kappa shape index (κ1) is 21.3. The Balaban J connectivity index is 1.15.